The Morgan fingerprint density at radius 1 is 0.421 bits per heavy atom. The van der Waals surface area contributed by atoms with Crippen LogP contribution in [0.5, 0.6) is 0 Å². The molecule has 0 bridgehead atoms. The number of fused-ring (bicyclic) bond motifs is 3. The fourth-order valence-electron chi connectivity index (χ4n) is 9.28. The number of aromatic nitrogens is 1. The van der Waals surface area contributed by atoms with Crippen molar-refractivity contribution < 1.29 is 0 Å². The SMILES string of the molecule is CC1(C)c2cc(C=Cc3ccc(N(c4ccccc4)c4ccccc4)cc3)ccc2-c2ccc(-c3cc4ccc5cccc6c5c4c(c3)n6-c3ccccc3)cc21. The highest BCUT2D eigenvalue weighted by atomic mass is 15.1. The van der Waals surface area contributed by atoms with Gasteiger partial charge in [0.1, 0.15) is 0 Å². The minimum Gasteiger partial charge on any atom is -0.311 e. The molecule has 1 heterocycles. The molecule has 0 saturated heterocycles. The molecule has 270 valence electrons. The summed E-state index contributed by atoms with van der Waals surface area (Å²) in [7, 11) is 0. The van der Waals surface area contributed by atoms with Crippen molar-refractivity contribution >= 4 is 61.8 Å². The first-order valence-corrected chi connectivity index (χ1v) is 19.8. The molecule has 1 aliphatic rings. The van der Waals surface area contributed by atoms with E-state index in [-0.39, 0.29) is 5.41 Å². The summed E-state index contributed by atoms with van der Waals surface area (Å²) in [5.74, 6) is 0. The number of hydrogen-bond donors (Lipinski definition) is 0. The van der Waals surface area contributed by atoms with Crippen LogP contribution in [0.2, 0.25) is 0 Å². The van der Waals surface area contributed by atoms with E-state index in [4.69, 9.17) is 0 Å². The van der Waals surface area contributed by atoms with Crippen LogP contribution in [-0.4, -0.2) is 4.57 Å². The summed E-state index contributed by atoms with van der Waals surface area (Å²) in [4.78, 5) is 2.30. The van der Waals surface area contributed by atoms with E-state index >= 15 is 0 Å². The largest absolute Gasteiger partial charge is 0.311 e. The molecule has 1 aliphatic carbocycles. The molecule has 0 atom stereocenters. The highest BCUT2D eigenvalue weighted by Crippen LogP contribution is 2.50. The topological polar surface area (TPSA) is 8.17 Å². The van der Waals surface area contributed by atoms with E-state index in [2.05, 4.69) is 230 Å². The normalized spacial score (nSPS) is 13.2. The van der Waals surface area contributed by atoms with E-state index in [0.717, 1.165) is 17.1 Å². The van der Waals surface area contributed by atoms with Crippen molar-refractivity contribution in [1.82, 2.24) is 4.57 Å². The maximum absolute atomic E-state index is 2.45. The van der Waals surface area contributed by atoms with Crippen molar-refractivity contribution in [2.75, 3.05) is 4.90 Å². The molecule has 0 unspecified atom stereocenters. The average molecular weight is 729 g/mol. The molecule has 0 aliphatic heterocycles. The average Bonchev–Trinajstić information content (AvgIpc) is 3.72. The van der Waals surface area contributed by atoms with Crippen molar-refractivity contribution in [2.24, 2.45) is 0 Å². The lowest BCUT2D eigenvalue weighted by Gasteiger charge is -2.25. The zero-order chi connectivity index (χ0) is 38.1. The molecule has 9 aromatic carbocycles. The Morgan fingerprint density at radius 2 is 1.00 bits per heavy atom. The Hall–Kier alpha value is -7.16. The third kappa shape index (κ3) is 5.40. The second kappa shape index (κ2) is 13.0. The van der Waals surface area contributed by atoms with Gasteiger partial charge in [-0.1, -0.05) is 147 Å². The van der Waals surface area contributed by atoms with Crippen molar-refractivity contribution in [3.63, 3.8) is 0 Å². The summed E-state index contributed by atoms with van der Waals surface area (Å²) in [6.45, 7) is 4.76. The first-order valence-electron chi connectivity index (χ1n) is 19.8. The number of nitrogens with zero attached hydrogens (tertiary/aromatic N) is 2. The summed E-state index contributed by atoms with van der Waals surface area (Å²) < 4.78 is 2.44. The lowest BCUT2D eigenvalue weighted by molar-refractivity contribution is 0.660. The minimum absolute atomic E-state index is 0.142. The van der Waals surface area contributed by atoms with Crippen molar-refractivity contribution in [3.8, 4) is 27.9 Å². The molecule has 0 saturated carbocycles. The second-order valence-corrected chi connectivity index (χ2v) is 15.8. The van der Waals surface area contributed by atoms with Gasteiger partial charge in [0.05, 0.1) is 11.0 Å². The lowest BCUT2D eigenvalue weighted by atomic mass is 9.81. The molecule has 0 amide bonds. The van der Waals surface area contributed by atoms with E-state index in [1.807, 2.05) is 0 Å². The maximum Gasteiger partial charge on any atom is 0.0553 e. The molecule has 11 rings (SSSR count). The second-order valence-electron chi connectivity index (χ2n) is 15.8. The van der Waals surface area contributed by atoms with Gasteiger partial charge in [0, 0.05) is 38.9 Å². The smallest absolute Gasteiger partial charge is 0.0553 e. The first-order chi connectivity index (χ1) is 28.0. The first kappa shape index (κ1) is 33.2. The molecule has 2 heteroatoms. The Labute approximate surface area is 333 Å². The van der Waals surface area contributed by atoms with Crippen molar-refractivity contribution in [2.45, 2.75) is 19.3 Å². The molecule has 0 radical (unpaired) electrons. The number of benzene rings is 9. The maximum atomic E-state index is 2.45. The summed E-state index contributed by atoms with van der Waals surface area (Å²) >= 11 is 0. The third-order valence-electron chi connectivity index (χ3n) is 12.1. The van der Waals surface area contributed by atoms with Crippen LogP contribution in [0, 0.1) is 0 Å². The van der Waals surface area contributed by atoms with Crippen LogP contribution in [0.3, 0.4) is 0 Å². The van der Waals surface area contributed by atoms with Crippen LogP contribution in [0.25, 0.3) is 72.7 Å². The van der Waals surface area contributed by atoms with Gasteiger partial charge < -0.3 is 9.47 Å². The monoisotopic (exact) mass is 728 g/mol. The van der Waals surface area contributed by atoms with Crippen LogP contribution in [0.15, 0.2) is 194 Å². The molecular formula is C55H40N2. The predicted molar refractivity (Wildman–Crippen MR) is 243 cm³/mol. The van der Waals surface area contributed by atoms with Crippen LogP contribution in [0.1, 0.15) is 36.1 Å². The molecule has 10 aromatic rings. The number of anilines is 3. The predicted octanol–water partition coefficient (Wildman–Crippen LogP) is 15.0. The van der Waals surface area contributed by atoms with Gasteiger partial charge >= 0.3 is 0 Å². The molecule has 0 spiro atoms. The van der Waals surface area contributed by atoms with E-state index in [1.54, 1.807) is 0 Å². The van der Waals surface area contributed by atoms with Crippen LogP contribution in [-0.2, 0) is 5.41 Å². The quantitative estimate of drug-likeness (QED) is 0.117. The molecule has 1 aromatic heterocycles. The zero-order valence-corrected chi connectivity index (χ0v) is 32.0. The third-order valence-corrected chi connectivity index (χ3v) is 12.1. The van der Waals surface area contributed by atoms with Crippen LogP contribution >= 0.6 is 0 Å². The highest BCUT2D eigenvalue weighted by molar-refractivity contribution is 6.25. The molecule has 0 N–H and O–H groups in total. The summed E-state index contributed by atoms with van der Waals surface area (Å²) in [6.07, 6.45) is 4.47. The number of rotatable bonds is 7. The van der Waals surface area contributed by atoms with Gasteiger partial charge in [-0.05, 0) is 128 Å². The van der Waals surface area contributed by atoms with Gasteiger partial charge in [0.2, 0.25) is 0 Å². The summed E-state index contributed by atoms with van der Waals surface area (Å²) in [6, 6.07) is 70.8. The fraction of sp³-hybridized carbons (Fsp3) is 0.0545. The van der Waals surface area contributed by atoms with Crippen LogP contribution < -0.4 is 4.90 Å². The minimum atomic E-state index is -0.142. The Kier molecular flexibility index (Phi) is 7.55. The van der Waals surface area contributed by atoms with Gasteiger partial charge in [-0.2, -0.15) is 0 Å². The van der Waals surface area contributed by atoms with E-state index < -0.39 is 0 Å². The van der Waals surface area contributed by atoms with Crippen LogP contribution in [0.4, 0.5) is 17.1 Å². The van der Waals surface area contributed by atoms with Gasteiger partial charge in [0.15, 0.2) is 0 Å². The number of para-hydroxylation sites is 3. The fourth-order valence-corrected chi connectivity index (χ4v) is 9.28. The zero-order valence-electron chi connectivity index (χ0n) is 32.0. The van der Waals surface area contributed by atoms with Crippen molar-refractivity contribution in [3.05, 3.63) is 216 Å². The Bertz CT molecular complexity index is 3080. The number of hydrogen-bond acceptors (Lipinski definition) is 1. The van der Waals surface area contributed by atoms with E-state index in [1.165, 1.54) is 82.8 Å². The molecule has 2 nitrogen and oxygen atoms in total. The Balaban J connectivity index is 0.917. The highest BCUT2D eigenvalue weighted by Gasteiger charge is 2.35. The molecule has 0 fully saturated rings. The molecular weight excluding hydrogens is 689 g/mol. The Morgan fingerprint density at radius 3 is 1.72 bits per heavy atom. The van der Waals surface area contributed by atoms with E-state index in [9.17, 15) is 0 Å². The molecule has 57 heavy (non-hydrogen) atoms. The van der Waals surface area contributed by atoms with Gasteiger partial charge in [-0.25, -0.2) is 0 Å². The van der Waals surface area contributed by atoms with Gasteiger partial charge in [-0.15, -0.1) is 0 Å². The van der Waals surface area contributed by atoms with Gasteiger partial charge in [0.25, 0.3) is 0 Å². The lowest BCUT2D eigenvalue weighted by Crippen LogP contribution is -2.15. The summed E-state index contributed by atoms with van der Waals surface area (Å²) in [5, 5.41) is 5.23. The summed E-state index contributed by atoms with van der Waals surface area (Å²) in [5.41, 5.74) is 17.2. The van der Waals surface area contributed by atoms with Gasteiger partial charge in [-0.3, -0.25) is 0 Å². The van der Waals surface area contributed by atoms with Crippen molar-refractivity contribution in [1.29, 1.82) is 0 Å². The standard InChI is InChI=1S/C55H40N2/c1-55(2)49-33-38(22-21-37-23-29-46(30-24-37)56(43-14-6-3-7-15-43)44-16-8-4-9-17-44)25-31-47(49)48-32-28-40(35-50(48)55)42-34-41-27-26-39-13-12-20-51-53(39)54(41)52(36-42)57(51)45-18-10-5-11-19-45/h3-36H,1-2H3. The van der Waals surface area contributed by atoms with E-state index in [0.29, 0.717) is 0 Å².